The molecular formula is C20H21NO4. The highest BCUT2D eigenvalue weighted by molar-refractivity contribution is 5.94. The summed E-state index contributed by atoms with van der Waals surface area (Å²) in [5.74, 6) is -0.862. The minimum atomic E-state index is -1.05. The number of nitrogens with one attached hydrogen (secondary N) is 1. The lowest BCUT2D eigenvalue weighted by Crippen LogP contribution is -2.32. The number of carboxylic acids is 1. The van der Waals surface area contributed by atoms with E-state index in [4.69, 9.17) is 9.84 Å². The molecule has 1 amide bonds. The molecule has 25 heavy (non-hydrogen) atoms. The molecule has 0 saturated heterocycles. The Labute approximate surface area is 146 Å². The SMILES string of the molecule is Cc1ccccc1C1(CNC(=O)c2cccc(OCC(=O)O)c2)CC1. The Morgan fingerprint density at radius 1 is 1.16 bits per heavy atom. The molecule has 0 aliphatic heterocycles. The molecule has 2 aromatic carbocycles. The molecule has 1 aliphatic carbocycles. The first-order valence-electron chi connectivity index (χ1n) is 8.29. The van der Waals surface area contributed by atoms with Crippen molar-refractivity contribution in [2.75, 3.05) is 13.2 Å². The smallest absolute Gasteiger partial charge is 0.341 e. The lowest BCUT2D eigenvalue weighted by Gasteiger charge is -2.19. The summed E-state index contributed by atoms with van der Waals surface area (Å²) in [6, 6.07) is 14.9. The number of ether oxygens (including phenoxy) is 1. The van der Waals surface area contributed by atoms with Crippen LogP contribution in [-0.4, -0.2) is 30.1 Å². The number of rotatable bonds is 7. The number of carbonyl (C=O) groups is 2. The molecule has 3 rings (SSSR count). The van der Waals surface area contributed by atoms with Crippen molar-refractivity contribution in [3.63, 3.8) is 0 Å². The molecule has 2 aromatic rings. The molecule has 1 saturated carbocycles. The molecule has 0 atom stereocenters. The zero-order valence-corrected chi connectivity index (χ0v) is 14.1. The predicted molar refractivity (Wildman–Crippen MR) is 94.0 cm³/mol. The fraction of sp³-hybridized carbons (Fsp3) is 0.300. The summed E-state index contributed by atoms with van der Waals surface area (Å²) in [4.78, 5) is 23.0. The van der Waals surface area contributed by atoms with Crippen LogP contribution in [0.25, 0.3) is 0 Å². The number of aryl methyl sites for hydroxylation is 1. The van der Waals surface area contributed by atoms with Crippen molar-refractivity contribution < 1.29 is 19.4 Å². The summed E-state index contributed by atoms with van der Waals surface area (Å²) >= 11 is 0. The molecule has 0 bridgehead atoms. The van der Waals surface area contributed by atoms with E-state index in [-0.39, 0.29) is 11.3 Å². The van der Waals surface area contributed by atoms with Gasteiger partial charge in [-0.2, -0.15) is 0 Å². The Balaban J connectivity index is 1.64. The number of amides is 1. The second kappa shape index (κ2) is 6.97. The van der Waals surface area contributed by atoms with Crippen molar-refractivity contribution in [1.82, 2.24) is 5.32 Å². The van der Waals surface area contributed by atoms with Crippen molar-refractivity contribution in [2.24, 2.45) is 0 Å². The lowest BCUT2D eigenvalue weighted by atomic mass is 9.92. The molecule has 1 fully saturated rings. The van der Waals surface area contributed by atoms with Crippen LogP contribution in [0.4, 0.5) is 0 Å². The Hall–Kier alpha value is -2.82. The second-order valence-electron chi connectivity index (χ2n) is 6.49. The van der Waals surface area contributed by atoms with Gasteiger partial charge in [-0.1, -0.05) is 30.3 Å². The Morgan fingerprint density at radius 2 is 1.92 bits per heavy atom. The monoisotopic (exact) mass is 339 g/mol. The summed E-state index contributed by atoms with van der Waals surface area (Å²) in [5, 5.41) is 11.7. The third kappa shape index (κ3) is 3.99. The number of benzene rings is 2. The first kappa shape index (κ1) is 17.0. The zero-order valence-electron chi connectivity index (χ0n) is 14.1. The number of hydrogen-bond donors (Lipinski definition) is 2. The van der Waals surface area contributed by atoms with Crippen LogP contribution in [0.3, 0.4) is 0 Å². The summed E-state index contributed by atoms with van der Waals surface area (Å²) in [5.41, 5.74) is 3.05. The van der Waals surface area contributed by atoms with Crippen molar-refractivity contribution in [1.29, 1.82) is 0 Å². The highest BCUT2D eigenvalue weighted by atomic mass is 16.5. The Kier molecular flexibility index (Phi) is 4.74. The second-order valence-corrected chi connectivity index (χ2v) is 6.49. The fourth-order valence-electron chi connectivity index (χ4n) is 3.08. The van der Waals surface area contributed by atoms with E-state index in [1.54, 1.807) is 24.3 Å². The van der Waals surface area contributed by atoms with Gasteiger partial charge in [0.1, 0.15) is 5.75 Å². The normalized spacial score (nSPS) is 14.6. The van der Waals surface area contributed by atoms with Crippen LogP contribution in [0.1, 0.15) is 34.3 Å². The van der Waals surface area contributed by atoms with E-state index in [2.05, 4.69) is 24.4 Å². The predicted octanol–water partition coefficient (Wildman–Crippen LogP) is 2.92. The Morgan fingerprint density at radius 3 is 2.60 bits per heavy atom. The highest BCUT2D eigenvalue weighted by Crippen LogP contribution is 2.48. The minimum absolute atomic E-state index is 0.0401. The summed E-state index contributed by atoms with van der Waals surface area (Å²) in [6.07, 6.45) is 2.14. The van der Waals surface area contributed by atoms with E-state index < -0.39 is 12.6 Å². The van der Waals surface area contributed by atoms with E-state index in [9.17, 15) is 9.59 Å². The van der Waals surface area contributed by atoms with Gasteiger partial charge in [0, 0.05) is 17.5 Å². The van der Waals surface area contributed by atoms with Gasteiger partial charge in [0.15, 0.2) is 6.61 Å². The van der Waals surface area contributed by atoms with Crippen LogP contribution < -0.4 is 10.1 Å². The summed E-state index contributed by atoms with van der Waals surface area (Å²) in [6.45, 7) is 2.26. The summed E-state index contributed by atoms with van der Waals surface area (Å²) in [7, 11) is 0. The van der Waals surface area contributed by atoms with Crippen LogP contribution in [-0.2, 0) is 10.2 Å². The van der Waals surface area contributed by atoms with Gasteiger partial charge in [-0.15, -0.1) is 0 Å². The van der Waals surface area contributed by atoms with E-state index >= 15 is 0 Å². The quantitative estimate of drug-likeness (QED) is 0.813. The number of carboxylic acid groups (broad SMARTS) is 1. The number of aliphatic carboxylic acids is 1. The topological polar surface area (TPSA) is 75.6 Å². The molecule has 130 valence electrons. The largest absolute Gasteiger partial charge is 0.482 e. The van der Waals surface area contributed by atoms with Gasteiger partial charge in [0.2, 0.25) is 0 Å². The third-order valence-electron chi connectivity index (χ3n) is 4.62. The van der Waals surface area contributed by atoms with Crippen molar-refractivity contribution in [3.8, 4) is 5.75 Å². The van der Waals surface area contributed by atoms with Crippen LogP contribution in [0, 0.1) is 6.92 Å². The van der Waals surface area contributed by atoms with E-state index in [0.717, 1.165) is 12.8 Å². The Bertz CT molecular complexity index is 796. The van der Waals surface area contributed by atoms with Crippen LogP contribution >= 0.6 is 0 Å². The standard InChI is InChI=1S/C20H21NO4/c1-14-5-2-3-8-17(14)20(9-10-20)13-21-19(24)15-6-4-7-16(11-15)25-12-18(22)23/h2-8,11H,9-10,12-13H2,1H3,(H,21,24)(H,22,23). The third-order valence-corrected chi connectivity index (χ3v) is 4.62. The molecular weight excluding hydrogens is 318 g/mol. The summed E-state index contributed by atoms with van der Waals surface area (Å²) < 4.78 is 5.12. The molecule has 5 nitrogen and oxygen atoms in total. The van der Waals surface area contributed by atoms with Gasteiger partial charge in [-0.25, -0.2) is 4.79 Å². The first-order valence-corrected chi connectivity index (χ1v) is 8.29. The number of hydrogen-bond acceptors (Lipinski definition) is 3. The van der Waals surface area contributed by atoms with E-state index in [1.165, 1.54) is 11.1 Å². The lowest BCUT2D eigenvalue weighted by molar-refractivity contribution is -0.139. The van der Waals surface area contributed by atoms with Gasteiger partial charge >= 0.3 is 5.97 Å². The molecule has 0 heterocycles. The van der Waals surface area contributed by atoms with Gasteiger partial charge in [0.05, 0.1) is 0 Å². The van der Waals surface area contributed by atoms with Crippen molar-refractivity contribution in [2.45, 2.75) is 25.2 Å². The van der Waals surface area contributed by atoms with Gasteiger partial charge in [-0.3, -0.25) is 4.79 Å². The fourth-order valence-corrected chi connectivity index (χ4v) is 3.08. The maximum atomic E-state index is 12.4. The van der Waals surface area contributed by atoms with Crippen LogP contribution in [0.5, 0.6) is 5.75 Å². The maximum absolute atomic E-state index is 12.4. The first-order chi connectivity index (χ1) is 12.0. The average molecular weight is 339 g/mol. The minimum Gasteiger partial charge on any atom is -0.482 e. The number of carbonyl (C=O) groups excluding carboxylic acids is 1. The molecule has 0 aromatic heterocycles. The van der Waals surface area contributed by atoms with Crippen molar-refractivity contribution in [3.05, 3.63) is 65.2 Å². The van der Waals surface area contributed by atoms with Gasteiger partial charge < -0.3 is 15.2 Å². The van der Waals surface area contributed by atoms with E-state index in [0.29, 0.717) is 17.9 Å². The van der Waals surface area contributed by atoms with Gasteiger partial charge in [0.25, 0.3) is 5.91 Å². The van der Waals surface area contributed by atoms with Crippen LogP contribution in [0.2, 0.25) is 0 Å². The maximum Gasteiger partial charge on any atom is 0.341 e. The molecule has 5 heteroatoms. The zero-order chi connectivity index (χ0) is 17.9. The highest BCUT2D eigenvalue weighted by Gasteiger charge is 2.45. The molecule has 0 radical (unpaired) electrons. The average Bonchev–Trinajstić information content (AvgIpc) is 3.39. The molecule has 0 spiro atoms. The van der Waals surface area contributed by atoms with Crippen molar-refractivity contribution >= 4 is 11.9 Å². The van der Waals surface area contributed by atoms with Gasteiger partial charge in [-0.05, 0) is 49.1 Å². The van der Waals surface area contributed by atoms with Crippen LogP contribution in [0.15, 0.2) is 48.5 Å². The molecule has 0 unspecified atom stereocenters. The molecule has 2 N–H and O–H groups in total. The van der Waals surface area contributed by atoms with E-state index in [1.807, 2.05) is 12.1 Å². The molecule has 1 aliphatic rings.